The summed E-state index contributed by atoms with van der Waals surface area (Å²) in [6, 6.07) is 7.96. The molecule has 2 nitrogen and oxygen atoms in total. The van der Waals surface area contributed by atoms with E-state index in [4.69, 9.17) is 5.73 Å². The third-order valence-corrected chi connectivity index (χ3v) is 3.34. The van der Waals surface area contributed by atoms with E-state index in [9.17, 15) is 18.0 Å². The predicted octanol–water partition coefficient (Wildman–Crippen LogP) is 4.14. The minimum absolute atomic E-state index is 0.242. The maximum atomic E-state index is 12.6. The summed E-state index contributed by atoms with van der Waals surface area (Å²) in [6.07, 6.45) is -4.42. The fourth-order valence-electron chi connectivity index (χ4n) is 2.03. The number of hydrogen-bond donors (Lipinski definition) is 1. The number of benzene rings is 2. The highest BCUT2D eigenvalue weighted by Crippen LogP contribution is 2.31. The smallest absolute Gasteiger partial charge is 0.398 e. The molecule has 0 atom stereocenters. The summed E-state index contributed by atoms with van der Waals surface area (Å²) in [6.45, 7) is 3.30. The summed E-state index contributed by atoms with van der Waals surface area (Å²) in [7, 11) is 0. The Labute approximate surface area is 120 Å². The summed E-state index contributed by atoms with van der Waals surface area (Å²) in [5, 5.41) is 0. The van der Waals surface area contributed by atoms with Gasteiger partial charge in [-0.05, 0) is 43.2 Å². The number of hydrogen-bond acceptors (Lipinski definition) is 2. The van der Waals surface area contributed by atoms with E-state index >= 15 is 0 Å². The normalized spacial score (nSPS) is 11.5. The molecule has 0 amide bonds. The predicted molar refractivity (Wildman–Crippen MR) is 75.2 cm³/mol. The van der Waals surface area contributed by atoms with Gasteiger partial charge in [0.1, 0.15) is 0 Å². The van der Waals surface area contributed by atoms with E-state index in [0.717, 1.165) is 17.7 Å². The molecule has 21 heavy (non-hydrogen) atoms. The number of aryl methyl sites for hydroxylation is 2. The van der Waals surface area contributed by atoms with E-state index < -0.39 is 11.7 Å². The third-order valence-electron chi connectivity index (χ3n) is 3.34. The Morgan fingerprint density at radius 2 is 1.67 bits per heavy atom. The first-order valence-electron chi connectivity index (χ1n) is 6.29. The van der Waals surface area contributed by atoms with Gasteiger partial charge in [-0.3, -0.25) is 4.79 Å². The molecule has 5 heteroatoms. The molecule has 0 aliphatic rings. The average Bonchev–Trinajstić information content (AvgIpc) is 2.40. The fourth-order valence-corrected chi connectivity index (χ4v) is 2.03. The van der Waals surface area contributed by atoms with Gasteiger partial charge < -0.3 is 5.73 Å². The van der Waals surface area contributed by atoms with E-state index in [0.29, 0.717) is 11.3 Å². The van der Waals surface area contributed by atoms with Crippen LogP contribution in [0.4, 0.5) is 18.9 Å². The average molecular weight is 293 g/mol. The zero-order valence-electron chi connectivity index (χ0n) is 11.6. The van der Waals surface area contributed by atoms with Crippen LogP contribution >= 0.6 is 0 Å². The second-order valence-electron chi connectivity index (χ2n) is 4.93. The van der Waals surface area contributed by atoms with Crippen LogP contribution in [0.15, 0.2) is 36.4 Å². The van der Waals surface area contributed by atoms with Gasteiger partial charge in [0.25, 0.3) is 0 Å². The number of anilines is 1. The lowest BCUT2D eigenvalue weighted by Gasteiger charge is -2.11. The number of carbonyl (C=O) groups is 1. The van der Waals surface area contributed by atoms with Crippen molar-refractivity contribution in [3.8, 4) is 0 Å². The van der Waals surface area contributed by atoms with Gasteiger partial charge >= 0.3 is 6.18 Å². The molecule has 0 saturated heterocycles. The van der Waals surface area contributed by atoms with Crippen LogP contribution < -0.4 is 5.73 Å². The van der Waals surface area contributed by atoms with Crippen LogP contribution in [0, 0.1) is 13.8 Å². The maximum absolute atomic E-state index is 12.6. The molecule has 0 bridgehead atoms. The molecule has 2 rings (SSSR count). The van der Waals surface area contributed by atoms with Crippen LogP contribution in [0.2, 0.25) is 0 Å². The second-order valence-corrected chi connectivity index (χ2v) is 4.93. The van der Waals surface area contributed by atoms with Gasteiger partial charge in [0, 0.05) is 16.8 Å². The Balaban J connectivity index is 2.42. The van der Waals surface area contributed by atoms with Crippen molar-refractivity contribution in [1.82, 2.24) is 0 Å². The molecular formula is C16H14F3NO. The molecule has 2 N–H and O–H groups in total. The van der Waals surface area contributed by atoms with Crippen LogP contribution in [0.1, 0.15) is 32.6 Å². The molecular weight excluding hydrogens is 279 g/mol. The van der Waals surface area contributed by atoms with Crippen molar-refractivity contribution < 1.29 is 18.0 Å². The lowest BCUT2D eigenvalue weighted by Crippen LogP contribution is -2.09. The first-order chi connectivity index (χ1) is 9.70. The van der Waals surface area contributed by atoms with Crippen LogP contribution in [0.3, 0.4) is 0 Å². The number of carbonyl (C=O) groups excluding carboxylic acids is 1. The number of nitrogen functional groups attached to an aromatic ring is 1. The van der Waals surface area contributed by atoms with E-state index in [-0.39, 0.29) is 16.9 Å². The standard InChI is InChI=1S/C16H14F3NO/c1-9-3-4-11(8-14(9)20)15(21)13-6-5-12(7-10(13)2)16(17,18)19/h3-8H,20H2,1-2H3. The third kappa shape index (κ3) is 3.07. The lowest BCUT2D eigenvalue weighted by molar-refractivity contribution is -0.137. The molecule has 0 aromatic heterocycles. The van der Waals surface area contributed by atoms with Crippen molar-refractivity contribution in [2.75, 3.05) is 5.73 Å². The summed E-state index contributed by atoms with van der Waals surface area (Å²) in [5.41, 5.74) is 7.20. The van der Waals surface area contributed by atoms with Crippen molar-refractivity contribution in [3.05, 3.63) is 64.2 Å². The molecule has 0 aliphatic heterocycles. The van der Waals surface area contributed by atoms with Crippen molar-refractivity contribution in [2.45, 2.75) is 20.0 Å². The van der Waals surface area contributed by atoms with E-state index in [1.807, 2.05) is 6.92 Å². The van der Waals surface area contributed by atoms with E-state index in [2.05, 4.69) is 0 Å². The SMILES string of the molecule is Cc1ccc(C(=O)c2ccc(C(F)(F)F)cc2C)cc1N. The fraction of sp³-hybridized carbons (Fsp3) is 0.188. The van der Waals surface area contributed by atoms with Crippen molar-refractivity contribution in [1.29, 1.82) is 0 Å². The van der Waals surface area contributed by atoms with Gasteiger partial charge in [0.2, 0.25) is 0 Å². The summed E-state index contributed by atoms with van der Waals surface area (Å²) in [5.74, 6) is -0.340. The minimum Gasteiger partial charge on any atom is -0.398 e. The van der Waals surface area contributed by atoms with Gasteiger partial charge in [-0.15, -0.1) is 0 Å². The number of halogens is 3. The lowest BCUT2D eigenvalue weighted by atomic mass is 9.96. The quantitative estimate of drug-likeness (QED) is 0.668. The highest BCUT2D eigenvalue weighted by atomic mass is 19.4. The molecule has 0 heterocycles. The Kier molecular flexibility index (Phi) is 3.77. The van der Waals surface area contributed by atoms with Gasteiger partial charge in [-0.1, -0.05) is 18.2 Å². The zero-order valence-corrected chi connectivity index (χ0v) is 11.6. The molecule has 0 unspecified atom stereocenters. The summed E-state index contributed by atoms with van der Waals surface area (Å²) < 4.78 is 37.9. The number of nitrogens with two attached hydrogens (primary N) is 1. The van der Waals surface area contributed by atoms with Crippen molar-refractivity contribution >= 4 is 11.5 Å². The van der Waals surface area contributed by atoms with E-state index in [1.165, 1.54) is 19.1 Å². The molecule has 0 radical (unpaired) electrons. The van der Waals surface area contributed by atoms with E-state index in [1.54, 1.807) is 12.1 Å². The largest absolute Gasteiger partial charge is 0.416 e. The highest BCUT2D eigenvalue weighted by molar-refractivity contribution is 6.10. The Hall–Kier alpha value is -2.30. The number of rotatable bonds is 2. The summed E-state index contributed by atoms with van der Waals surface area (Å²) >= 11 is 0. The molecule has 2 aromatic carbocycles. The highest BCUT2D eigenvalue weighted by Gasteiger charge is 2.31. The van der Waals surface area contributed by atoms with Crippen LogP contribution in [-0.2, 0) is 6.18 Å². The van der Waals surface area contributed by atoms with Gasteiger partial charge in [-0.25, -0.2) is 0 Å². The minimum atomic E-state index is -4.42. The van der Waals surface area contributed by atoms with Gasteiger partial charge in [-0.2, -0.15) is 13.2 Å². The van der Waals surface area contributed by atoms with Crippen LogP contribution in [0.5, 0.6) is 0 Å². The number of alkyl halides is 3. The van der Waals surface area contributed by atoms with Crippen molar-refractivity contribution in [3.63, 3.8) is 0 Å². The molecule has 0 fully saturated rings. The maximum Gasteiger partial charge on any atom is 0.416 e. The van der Waals surface area contributed by atoms with Crippen molar-refractivity contribution in [2.24, 2.45) is 0 Å². The van der Waals surface area contributed by atoms with Gasteiger partial charge in [0.05, 0.1) is 5.56 Å². The first-order valence-corrected chi connectivity index (χ1v) is 6.29. The molecule has 2 aromatic rings. The van der Waals surface area contributed by atoms with Crippen LogP contribution in [0.25, 0.3) is 0 Å². The first kappa shape index (κ1) is 15.1. The molecule has 0 saturated carbocycles. The molecule has 0 spiro atoms. The number of ketones is 1. The molecule has 0 aliphatic carbocycles. The zero-order chi connectivity index (χ0) is 15.8. The monoisotopic (exact) mass is 293 g/mol. The summed E-state index contributed by atoms with van der Waals surface area (Å²) in [4.78, 5) is 12.4. The Morgan fingerprint density at radius 3 is 2.19 bits per heavy atom. The second kappa shape index (κ2) is 5.24. The molecule has 110 valence electrons. The Bertz CT molecular complexity index is 705. The van der Waals surface area contributed by atoms with Crippen LogP contribution in [-0.4, -0.2) is 5.78 Å². The van der Waals surface area contributed by atoms with Gasteiger partial charge in [0.15, 0.2) is 5.78 Å². The Morgan fingerprint density at radius 1 is 1.00 bits per heavy atom. The topological polar surface area (TPSA) is 43.1 Å².